The zero-order valence-corrected chi connectivity index (χ0v) is 11.5. The highest BCUT2D eigenvalue weighted by Crippen LogP contribution is 2.32. The van der Waals surface area contributed by atoms with Gasteiger partial charge in [-0.15, -0.1) is 12.3 Å². The molecule has 0 aliphatic heterocycles. The quantitative estimate of drug-likeness (QED) is 0.568. The lowest BCUT2D eigenvalue weighted by Crippen LogP contribution is -2.24. The highest BCUT2D eigenvalue weighted by molar-refractivity contribution is 5.21. The molecule has 0 aliphatic rings. The van der Waals surface area contributed by atoms with Crippen LogP contribution < -0.4 is 0 Å². The molecule has 0 spiro atoms. The number of rotatable bonds is 7. The second-order valence-electron chi connectivity index (χ2n) is 4.99. The fraction of sp³-hybridized carbons (Fsp3) is 0.529. The van der Waals surface area contributed by atoms with Crippen LogP contribution in [0.25, 0.3) is 0 Å². The zero-order valence-electron chi connectivity index (χ0n) is 11.5. The van der Waals surface area contributed by atoms with Crippen molar-refractivity contribution >= 4 is 0 Å². The first-order valence-electron chi connectivity index (χ1n) is 6.87. The Morgan fingerprint density at radius 3 is 2.50 bits per heavy atom. The van der Waals surface area contributed by atoms with Crippen LogP contribution in [0.3, 0.4) is 0 Å². The van der Waals surface area contributed by atoms with Gasteiger partial charge in [-0.1, -0.05) is 50.6 Å². The minimum absolute atomic E-state index is 0.217. The molecule has 1 N–H and O–H groups in total. The van der Waals surface area contributed by atoms with E-state index >= 15 is 0 Å². The van der Waals surface area contributed by atoms with Gasteiger partial charge in [0, 0.05) is 12.3 Å². The summed E-state index contributed by atoms with van der Waals surface area (Å²) < 4.78 is 0. The first-order valence-corrected chi connectivity index (χ1v) is 6.87. The van der Waals surface area contributed by atoms with Gasteiger partial charge in [-0.05, 0) is 24.3 Å². The normalized spacial score (nSPS) is 15.7. The molecule has 0 radical (unpaired) electrons. The summed E-state index contributed by atoms with van der Waals surface area (Å²) in [5.41, 5.74) is 1.24. The Morgan fingerprint density at radius 2 is 1.94 bits per heavy atom. The predicted molar refractivity (Wildman–Crippen MR) is 77.3 cm³/mol. The van der Waals surface area contributed by atoms with Crippen LogP contribution in [-0.2, 0) is 0 Å². The summed E-state index contributed by atoms with van der Waals surface area (Å²) >= 11 is 0. The van der Waals surface area contributed by atoms with Gasteiger partial charge in [0.15, 0.2) is 0 Å². The number of aliphatic hydroxyl groups excluding tert-OH is 1. The number of hydrogen-bond donors (Lipinski definition) is 1. The van der Waals surface area contributed by atoms with Crippen LogP contribution in [0.4, 0.5) is 0 Å². The van der Waals surface area contributed by atoms with Gasteiger partial charge in [-0.3, -0.25) is 0 Å². The van der Waals surface area contributed by atoms with E-state index in [1.807, 2.05) is 18.2 Å². The summed E-state index contributed by atoms with van der Waals surface area (Å²) in [6, 6.07) is 10.3. The summed E-state index contributed by atoms with van der Waals surface area (Å²) in [7, 11) is 0. The highest BCUT2D eigenvalue weighted by atomic mass is 16.3. The largest absolute Gasteiger partial charge is 0.392 e. The van der Waals surface area contributed by atoms with Crippen molar-refractivity contribution in [3.8, 4) is 12.3 Å². The van der Waals surface area contributed by atoms with E-state index in [9.17, 15) is 5.11 Å². The Hall–Kier alpha value is -1.26. The van der Waals surface area contributed by atoms with Gasteiger partial charge >= 0.3 is 0 Å². The fourth-order valence-corrected chi connectivity index (χ4v) is 2.45. The predicted octanol–water partition coefficient (Wildman–Crippen LogP) is 3.98. The summed E-state index contributed by atoms with van der Waals surface area (Å²) in [6.07, 6.45) is 8.47. The average molecular weight is 244 g/mol. The number of unbranched alkanes of at least 4 members (excludes halogenated alkanes) is 1. The highest BCUT2D eigenvalue weighted by Gasteiger charge is 2.25. The maximum absolute atomic E-state index is 10.4. The molecule has 0 saturated heterocycles. The zero-order chi connectivity index (χ0) is 13.4. The van der Waals surface area contributed by atoms with Crippen molar-refractivity contribution in [3.63, 3.8) is 0 Å². The van der Waals surface area contributed by atoms with Crippen LogP contribution in [-0.4, -0.2) is 11.2 Å². The standard InChI is InChI=1S/C17H24O/c1-4-6-8-13-16(18)17(14(3)5-2)15-11-9-7-10-12-15/h1,7,9-12,14,16-18H,5-6,8,13H2,2-3H3. The Bertz CT molecular complexity index is 363. The van der Waals surface area contributed by atoms with E-state index in [0.717, 1.165) is 25.7 Å². The molecular weight excluding hydrogens is 220 g/mol. The van der Waals surface area contributed by atoms with Crippen LogP contribution in [0.15, 0.2) is 30.3 Å². The molecule has 0 saturated carbocycles. The number of hydrogen-bond acceptors (Lipinski definition) is 1. The first kappa shape index (κ1) is 14.8. The molecule has 1 rings (SSSR count). The SMILES string of the molecule is C#CCCCC(O)C(c1ccccc1)C(C)CC. The van der Waals surface area contributed by atoms with E-state index in [1.54, 1.807) is 0 Å². The van der Waals surface area contributed by atoms with Gasteiger partial charge in [-0.2, -0.15) is 0 Å². The summed E-state index contributed by atoms with van der Waals surface area (Å²) in [4.78, 5) is 0. The molecule has 1 aromatic rings. The van der Waals surface area contributed by atoms with Crippen molar-refractivity contribution < 1.29 is 5.11 Å². The van der Waals surface area contributed by atoms with Crippen molar-refractivity contribution in [2.75, 3.05) is 0 Å². The van der Waals surface area contributed by atoms with E-state index in [0.29, 0.717) is 5.92 Å². The van der Waals surface area contributed by atoms with Gasteiger partial charge in [0.05, 0.1) is 6.10 Å². The minimum Gasteiger partial charge on any atom is -0.392 e. The molecular formula is C17H24O. The van der Waals surface area contributed by atoms with Crippen molar-refractivity contribution in [3.05, 3.63) is 35.9 Å². The second-order valence-corrected chi connectivity index (χ2v) is 4.99. The van der Waals surface area contributed by atoms with Crippen LogP contribution >= 0.6 is 0 Å². The molecule has 0 fully saturated rings. The number of aliphatic hydroxyl groups is 1. The van der Waals surface area contributed by atoms with Crippen LogP contribution in [0, 0.1) is 18.3 Å². The molecule has 0 bridgehead atoms. The number of terminal acetylenes is 1. The molecule has 3 unspecified atom stereocenters. The van der Waals surface area contributed by atoms with Crippen molar-refractivity contribution in [2.24, 2.45) is 5.92 Å². The Kier molecular flexibility index (Phi) is 6.54. The van der Waals surface area contributed by atoms with E-state index < -0.39 is 0 Å². The molecule has 0 aromatic heterocycles. The number of benzene rings is 1. The molecule has 18 heavy (non-hydrogen) atoms. The lowest BCUT2D eigenvalue weighted by Gasteiger charge is -2.28. The van der Waals surface area contributed by atoms with Crippen molar-refractivity contribution in [2.45, 2.75) is 51.6 Å². The monoisotopic (exact) mass is 244 g/mol. The first-order chi connectivity index (χ1) is 8.70. The van der Waals surface area contributed by atoms with Gasteiger partial charge < -0.3 is 5.11 Å². The molecule has 1 nitrogen and oxygen atoms in total. The molecule has 1 aromatic carbocycles. The van der Waals surface area contributed by atoms with Gasteiger partial charge in [0.1, 0.15) is 0 Å². The lowest BCUT2D eigenvalue weighted by molar-refractivity contribution is 0.107. The van der Waals surface area contributed by atoms with Crippen LogP contribution in [0.2, 0.25) is 0 Å². The topological polar surface area (TPSA) is 20.2 Å². The van der Waals surface area contributed by atoms with Crippen molar-refractivity contribution in [1.82, 2.24) is 0 Å². The molecule has 1 heteroatoms. The molecule has 0 amide bonds. The smallest absolute Gasteiger partial charge is 0.0611 e. The molecule has 0 heterocycles. The van der Waals surface area contributed by atoms with E-state index in [4.69, 9.17) is 6.42 Å². The van der Waals surface area contributed by atoms with Gasteiger partial charge in [0.2, 0.25) is 0 Å². The Morgan fingerprint density at radius 1 is 1.28 bits per heavy atom. The minimum atomic E-state index is -0.296. The second kappa shape index (κ2) is 7.95. The maximum atomic E-state index is 10.4. The third kappa shape index (κ3) is 4.20. The lowest BCUT2D eigenvalue weighted by atomic mass is 9.80. The van der Waals surface area contributed by atoms with Gasteiger partial charge in [-0.25, -0.2) is 0 Å². The van der Waals surface area contributed by atoms with E-state index in [1.165, 1.54) is 5.56 Å². The van der Waals surface area contributed by atoms with E-state index in [-0.39, 0.29) is 12.0 Å². The maximum Gasteiger partial charge on any atom is 0.0611 e. The average Bonchev–Trinajstić information content (AvgIpc) is 2.40. The van der Waals surface area contributed by atoms with Crippen LogP contribution in [0.1, 0.15) is 51.0 Å². The Balaban J connectivity index is 2.76. The third-order valence-corrected chi connectivity index (χ3v) is 3.68. The van der Waals surface area contributed by atoms with Crippen molar-refractivity contribution in [1.29, 1.82) is 0 Å². The third-order valence-electron chi connectivity index (χ3n) is 3.68. The molecule has 0 aliphatic carbocycles. The van der Waals surface area contributed by atoms with E-state index in [2.05, 4.69) is 31.9 Å². The summed E-state index contributed by atoms with van der Waals surface area (Å²) in [5.74, 6) is 3.33. The van der Waals surface area contributed by atoms with Crippen LogP contribution in [0.5, 0.6) is 0 Å². The molecule has 98 valence electrons. The fourth-order valence-electron chi connectivity index (χ4n) is 2.45. The van der Waals surface area contributed by atoms with Gasteiger partial charge in [0.25, 0.3) is 0 Å². The Labute approximate surface area is 111 Å². The molecule has 3 atom stereocenters. The summed E-state index contributed by atoms with van der Waals surface area (Å²) in [5, 5.41) is 10.4. The summed E-state index contributed by atoms with van der Waals surface area (Å²) in [6.45, 7) is 4.39.